The van der Waals surface area contributed by atoms with Crippen LogP contribution in [0.2, 0.25) is 0 Å². The van der Waals surface area contributed by atoms with Gasteiger partial charge in [-0.3, -0.25) is 10.2 Å². The van der Waals surface area contributed by atoms with Gasteiger partial charge in [-0.25, -0.2) is 9.97 Å². The van der Waals surface area contributed by atoms with Crippen LogP contribution < -0.4 is 16.0 Å². The van der Waals surface area contributed by atoms with E-state index in [1.54, 1.807) is 33.2 Å². The fraction of sp³-hybridized carbons (Fsp3) is 0.440. The summed E-state index contributed by atoms with van der Waals surface area (Å²) in [6.45, 7) is 10.9. The third-order valence-corrected chi connectivity index (χ3v) is 5.38. The van der Waals surface area contributed by atoms with Crippen LogP contribution in [0.1, 0.15) is 61.3 Å². The molecule has 4 rings (SSSR count). The summed E-state index contributed by atoms with van der Waals surface area (Å²) in [6, 6.07) is 5.84. The third-order valence-electron chi connectivity index (χ3n) is 5.38. The molecule has 182 valence electrons. The van der Waals surface area contributed by atoms with Crippen LogP contribution >= 0.6 is 0 Å². The van der Waals surface area contributed by atoms with Crippen LogP contribution in [0.15, 0.2) is 30.6 Å². The lowest BCUT2D eigenvalue weighted by atomic mass is 10.0. The summed E-state index contributed by atoms with van der Waals surface area (Å²) >= 11 is 0. The summed E-state index contributed by atoms with van der Waals surface area (Å²) in [5.74, 6) is -0.188. The zero-order valence-electron chi connectivity index (χ0n) is 20.8. The highest BCUT2D eigenvalue weighted by Crippen LogP contribution is 2.22. The van der Waals surface area contributed by atoms with Crippen molar-refractivity contribution < 1.29 is 9.90 Å². The predicted molar refractivity (Wildman–Crippen MR) is 136 cm³/mol. The summed E-state index contributed by atoms with van der Waals surface area (Å²) in [5.41, 5.74) is 4.02. The fourth-order valence-electron chi connectivity index (χ4n) is 3.67. The second-order valence-electron chi connectivity index (χ2n) is 9.94. The summed E-state index contributed by atoms with van der Waals surface area (Å²) in [5, 5.41) is 26.7. The maximum atomic E-state index is 12.9. The lowest BCUT2D eigenvalue weighted by Crippen LogP contribution is -2.47. The molecule has 0 aliphatic carbocycles. The average Bonchev–Trinajstić information content (AvgIpc) is 3.37. The third kappa shape index (κ3) is 6.18. The van der Waals surface area contributed by atoms with Gasteiger partial charge in [0.25, 0.3) is 5.91 Å². The van der Waals surface area contributed by atoms with Crippen molar-refractivity contribution in [2.75, 3.05) is 25.5 Å². The number of carbonyl (C=O) groups excluding carboxylic acids is 1. The van der Waals surface area contributed by atoms with E-state index in [1.165, 1.54) is 0 Å². The van der Waals surface area contributed by atoms with Crippen molar-refractivity contribution in [3.05, 3.63) is 53.0 Å². The van der Waals surface area contributed by atoms with Crippen molar-refractivity contribution in [2.24, 2.45) is 0 Å². The molecule has 1 saturated heterocycles. The molecular formula is C25H35N7O2. The van der Waals surface area contributed by atoms with E-state index in [0.717, 1.165) is 36.3 Å². The molecule has 0 radical (unpaired) electrons. The van der Waals surface area contributed by atoms with E-state index in [9.17, 15) is 4.79 Å². The van der Waals surface area contributed by atoms with E-state index in [1.807, 2.05) is 39.1 Å². The van der Waals surface area contributed by atoms with Gasteiger partial charge in [0, 0.05) is 31.0 Å². The first-order valence-corrected chi connectivity index (χ1v) is 11.4. The van der Waals surface area contributed by atoms with Gasteiger partial charge in [-0.05, 0) is 59.2 Å². The molecule has 1 atom stereocenters. The van der Waals surface area contributed by atoms with E-state index in [-0.39, 0.29) is 17.2 Å². The molecule has 0 spiro atoms. The summed E-state index contributed by atoms with van der Waals surface area (Å²) < 4.78 is 0. The zero-order valence-corrected chi connectivity index (χ0v) is 20.8. The number of carbonyl (C=O) groups is 1. The zero-order chi connectivity index (χ0) is 25.1. The largest absolute Gasteiger partial charge is 0.391 e. The molecule has 9 nitrogen and oxygen atoms in total. The SMILES string of the molecule is CC(C)(C)O.CNc1cc(C)ccc1C(=N)c1cnc2[nH]cc(C(=O)NC3(C)CCNC3)c2n1. The molecule has 1 aliphatic heterocycles. The van der Waals surface area contributed by atoms with E-state index in [0.29, 0.717) is 22.4 Å². The number of aromatic amines is 1. The van der Waals surface area contributed by atoms with Gasteiger partial charge in [0.15, 0.2) is 5.65 Å². The second kappa shape index (κ2) is 9.90. The van der Waals surface area contributed by atoms with Gasteiger partial charge in [-0.1, -0.05) is 12.1 Å². The van der Waals surface area contributed by atoms with E-state index < -0.39 is 5.60 Å². The van der Waals surface area contributed by atoms with Gasteiger partial charge in [0.2, 0.25) is 0 Å². The first-order chi connectivity index (χ1) is 15.9. The lowest BCUT2D eigenvalue weighted by molar-refractivity contribution is 0.0914. The molecule has 1 aromatic carbocycles. The van der Waals surface area contributed by atoms with Gasteiger partial charge >= 0.3 is 0 Å². The van der Waals surface area contributed by atoms with Crippen molar-refractivity contribution in [1.29, 1.82) is 5.41 Å². The lowest BCUT2D eigenvalue weighted by Gasteiger charge is -2.24. The molecule has 1 aliphatic rings. The molecular weight excluding hydrogens is 430 g/mol. The molecule has 0 bridgehead atoms. The number of H-pyrrole nitrogens is 1. The number of rotatable bonds is 5. The molecule has 1 fully saturated rings. The number of aliphatic hydroxyl groups is 1. The molecule has 3 aromatic rings. The van der Waals surface area contributed by atoms with Gasteiger partial charge in [0.1, 0.15) is 11.2 Å². The second-order valence-corrected chi connectivity index (χ2v) is 9.94. The minimum atomic E-state index is -0.500. The van der Waals surface area contributed by atoms with Crippen molar-refractivity contribution >= 4 is 28.5 Å². The molecule has 6 N–H and O–H groups in total. The normalized spacial score (nSPS) is 17.7. The minimum absolute atomic E-state index is 0.188. The fourth-order valence-corrected chi connectivity index (χ4v) is 3.67. The summed E-state index contributed by atoms with van der Waals surface area (Å²) in [6.07, 6.45) is 4.07. The molecule has 1 amide bonds. The molecule has 1 unspecified atom stereocenters. The van der Waals surface area contributed by atoms with Gasteiger partial charge in [-0.2, -0.15) is 0 Å². The number of aromatic nitrogens is 3. The minimum Gasteiger partial charge on any atom is -0.391 e. The average molecular weight is 466 g/mol. The van der Waals surface area contributed by atoms with Crippen molar-refractivity contribution in [2.45, 2.75) is 52.2 Å². The Morgan fingerprint density at radius 3 is 2.59 bits per heavy atom. The first kappa shape index (κ1) is 25.3. The first-order valence-electron chi connectivity index (χ1n) is 11.4. The van der Waals surface area contributed by atoms with Gasteiger partial charge < -0.3 is 26.0 Å². The molecule has 0 saturated carbocycles. The smallest absolute Gasteiger partial charge is 0.255 e. The predicted octanol–water partition coefficient (Wildman–Crippen LogP) is 2.98. The van der Waals surface area contributed by atoms with Crippen molar-refractivity contribution in [3.8, 4) is 0 Å². The molecule has 3 heterocycles. The molecule has 9 heteroatoms. The Bertz CT molecular complexity index is 1180. The number of nitrogens with zero attached hydrogens (tertiary/aromatic N) is 2. The number of hydrogen-bond acceptors (Lipinski definition) is 7. The Morgan fingerprint density at radius 1 is 1.26 bits per heavy atom. The highest BCUT2D eigenvalue weighted by molar-refractivity contribution is 6.14. The van der Waals surface area contributed by atoms with Gasteiger partial charge in [0.05, 0.1) is 28.6 Å². The van der Waals surface area contributed by atoms with Crippen LogP contribution in [0.25, 0.3) is 11.2 Å². The number of aryl methyl sites for hydroxylation is 1. The van der Waals surface area contributed by atoms with Crippen molar-refractivity contribution in [3.63, 3.8) is 0 Å². The number of hydrogen-bond donors (Lipinski definition) is 6. The maximum absolute atomic E-state index is 12.9. The highest BCUT2D eigenvalue weighted by Gasteiger charge is 2.31. The monoisotopic (exact) mass is 465 g/mol. The summed E-state index contributed by atoms with van der Waals surface area (Å²) in [7, 11) is 1.83. The van der Waals surface area contributed by atoms with E-state index in [4.69, 9.17) is 10.5 Å². The quantitative estimate of drug-likeness (QED) is 0.320. The molecule has 2 aromatic heterocycles. The number of benzene rings is 1. The van der Waals surface area contributed by atoms with E-state index in [2.05, 4.69) is 30.9 Å². The number of fused-ring (bicyclic) bond motifs is 1. The standard InChI is InChI=1S/C21H25N7O.C4H10O/c1-12-4-5-13(15(8-12)23-3)17(22)16-10-26-19-18(27-16)14(9-25-19)20(29)28-21(2)6-7-24-11-21;1-4(2,3)5/h4-5,8-10,22-24H,6-7,11H2,1-3H3,(H,25,26)(H,28,29);5H,1-3H3. The van der Waals surface area contributed by atoms with Gasteiger partial charge in [-0.15, -0.1) is 0 Å². The van der Waals surface area contributed by atoms with Crippen LogP contribution in [0.5, 0.6) is 0 Å². The topological polar surface area (TPSA) is 139 Å². The Balaban J connectivity index is 0.000000588. The Labute approximate surface area is 200 Å². The van der Waals surface area contributed by atoms with E-state index >= 15 is 0 Å². The van der Waals surface area contributed by atoms with Crippen LogP contribution in [-0.2, 0) is 0 Å². The maximum Gasteiger partial charge on any atom is 0.255 e. The van der Waals surface area contributed by atoms with Crippen LogP contribution in [-0.4, -0.2) is 63.0 Å². The Hall–Kier alpha value is -3.30. The highest BCUT2D eigenvalue weighted by atomic mass is 16.3. The Kier molecular flexibility index (Phi) is 7.38. The van der Waals surface area contributed by atoms with Crippen LogP contribution in [0.4, 0.5) is 5.69 Å². The number of nitrogens with one attached hydrogen (secondary N) is 5. The molecule has 34 heavy (non-hydrogen) atoms. The summed E-state index contributed by atoms with van der Waals surface area (Å²) in [4.78, 5) is 24.9. The number of amides is 1. The van der Waals surface area contributed by atoms with Crippen molar-refractivity contribution in [1.82, 2.24) is 25.6 Å². The Morgan fingerprint density at radius 2 is 1.97 bits per heavy atom. The van der Waals surface area contributed by atoms with Crippen LogP contribution in [0.3, 0.4) is 0 Å². The van der Waals surface area contributed by atoms with Crippen LogP contribution in [0, 0.1) is 12.3 Å². The number of anilines is 1.